The van der Waals surface area contributed by atoms with Gasteiger partial charge in [0.25, 0.3) is 5.91 Å². The average Bonchev–Trinajstić information content (AvgIpc) is 3.39. The first-order valence-corrected chi connectivity index (χ1v) is 10.8. The van der Waals surface area contributed by atoms with E-state index < -0.39 is 0 Å². The maximum absolute atomic E-state index is 12.9. The van der Waals surface area contributed by atoms with E-state index in [0.29, 0.717) is 23.9 Å². The highest BCUT2D eigenvalue weighted by molar-refractivity contribution is 9.10. The summed E-state index contributed by atoms with van der Waals surface area (Å²) >= 11 is 3.47. The van der Waals surface area contributed by atoms with Crippen molar-refractivity contribution < 1.29 is 14.3 Å². The first-order valence-electron chi connectivity index (χ1n) is 9.99. The molecule has 2 saturated heterocycles. The van der Waals surface area contributed by atoms with E-state index in [1.807, 2.05) is 31.2 Å². The molecular weight excluding hydrogens is 438 g/mol. The number of benzene rings is 1. The lowest BCUT2D eigenvalue weighted by Crippen LogP contribution is -2.52. The van der Waals surface area contributed by atoms with Crippen LogP contribution in [0.4, 0.5) is 0 Å². The Morgan fingerprint density at radius 2 is 2.14 bits per heavy atom. The quantitative estimate of drug-likeness (QED) is 0.703. The lowest BCUT2D eigenvalue weighted by atomic mass is 9.97. The monoisotopic (exact) mass is 463 g/mol. The Hall–Kier alpha value is -1.81. The highest BCUT2D eigenvalue weighted by Gasteiger charge is 2.32. The van der Waals surface area contributed by atoms with Gasteiger partial charge in [0.05, 0.1) is 31.2 Å². The van der Waals surface area contributed by atoms with Gasteiger partial charge < -0.3 is 14.8 Å². The fourth-order valence-electron chi connectivity index (χ4n) is 4.03. The van der Waals surface area contributed by atoms with Gasteiger partial charge in [-0.3, -0.25) is 9.69 Å². The van der Waals surface area contributed by atoms with Crippen molar-refractivity contribution in [1.29, 1.82) is 0 Å². The van der Waals surface area contributed by atoms with Gasteiger partial charge in [0.2, 0.25) is 0 Å². The lowest BCUT2D eigenvalue weighted by Gasteiger charge is -2.37. The van der Waals surface area contributed by atoms with Gasteiger partial charge in [0, 0.05) is 42.7 Å². The van der Waals surface area contributed by atoms with E-state index in [1.54, 1.807) is 4.68 Å². The predicted octanol–water partition coefficient (Wildman–Crippen LogP) is 1.81. The summed E-state index contributed by atoms with van der Waals surface area (Å²) in [6.45, 7) is 7.20. The number of nitrogens with one attached hydrogen (secondary N) is 1. The molecule has 0 radical (unpaired) electrons. The summed E-state index contributed by atoms with van der Waals surface area (Å²) in [7, 11) is 0. The minimum absolute atomic E-state index is 0.194. The van der Waals surface area contributed by atoms with Crippen LogP contribution < -0.4 is 5.32 Å². The molecule has 4 rings (SSSR count). The molecule has 0 spiro atoms. The molecule has 8 nitrogen and oxygen atoms in total. The van der Waals surface area contributed by atoms with Crippen LogP contribution in [0.2, 0.25) is 0 Å². The molecule has 9 heteroatoms. The summed E-state index contributed by atoms with van der Waals surface area (Å²) in [4.78, 5) is 15.3. The molecule has 2 aromatic rings. The van der Waals surface area contributed by atoms with Gasteiger partial charge in [0.15, 0.2) is 5.69 Å². The van der Waals surface area contributed by atoms with Gasteiger partial charge in [-0.15, -0.1) is 5.10 Å². The van der Waals surface area contributed by atoms with E-state index in [-0.39, 0.29) is 11.9 Å². The number of ether oxygens (including phenoxy) is 2. The molecule has 0 bridgehead atoms. The molecule has 156 valence electrons. The Morgan fingerprint density at radius 1 is 1.31 bits per heavy atom. The second-order valence-electron chi connectivity index (χ2n) is 7.46. The molecule has 3 heterocycles. The van der Waals surface area contributed by atoms with E-state index in [0.717, 1.165) is 56.1 Å². The van der Waals surface area contributed by atoms with Crippen LogP contribution in [0.25, 0.3) is 5.69 Å². The van der Waals surface area contributed by atoms with Gasteiger partial charge in [-0.1, -0.05) is 27.2 Å². The van der Waals surface area contributed by atoms with E-state index in [2.05, 4.69) is 36.5 Å². The number of rotatable bonds is 6. The number of morpholine rings is 1. The normalized spacial score (nSPS) is 21.2. The third-order valence-electron chi connectivity index (χ3n) is 5.66. The van der Waals surface area contributed by atoms with Crippen molar-refractivity contribution in [3.8, 4) is 5.69 Å². The van der Waals surface area contributed by atoms with E-state index >= 15 is 0 Å². The second-order valence-corrected chi connectivity index (χ2v) is 8.38. The number of nitrogens with zero attached hydrogens (tertiary/aromatic N) is 4. The van der Waals surface area contributed by atoms with Crippen LogP contribution >= 0.6 is 15.9 Å². The smallest absolute Gasteiger partial charge is 0.273 e. The molecule has 1 aromatic heterocycles. The molecular formula is C20H26BrN5O3. The Morgan fingerprint density at radius 3 is 2.86 bits per heavy atom. The third kappa shape index (κ3) is 4.69. The Kier molecular flexibility index (Phi) is 6.59. The van der Waals surface area contributed by atoms with Gasteiger partial charge in [-0.2, -0.15) is 0 Å². The summed E-state index contributed by atoms with van der Waals surface area (Å²) in [5, 5.41) is 11.4. The molecule has 2 aliphatic rings. The summed E-state index contributed by atoms with van der Waals surface area (Å²) < 4.78 is 13.7. The Labute approximate surface area is 178 Å². The average molecular weight is 464 g/mol. The standard InChI is InChI=1S/C20H26BrN5O3/c1-14-19(23-24-26(14)17-4-2-3-16(21)11-17)20(27)22-12-18(15-5-8-29-13-15)25-6-9-28-10-7-25/h2-4,11,15,18H,5-10,12-13H2,1H3,(H,22,27). The number of carbonyl (C=O) groups excluding carboxylic acids is 1. The zero-order chi connectivity index (χ0) is 20.2. The van der Waals surface area contributed by atoms with Crippen molar-refractivity contribution in [3.63, 3.8) is 0 Å². The molecule has 2 aliphatic heterocycles. The third-order valence-corrected chi connectivity index (χ3v) is 6.15. The van der Waals surface area contributed by atoms with E-state index in [9.17, 15) is 4.79 Å². The Bertz CT molecular complexity index is 846. The van der Waals surface area contributed by atoms with Crippen LogP contribution in [0.15, 0.2) is 28.7 Å². The number of carbonyl (C=O) groups is 1. The SMILES string of the molecule is Cc1c(C(=O)NCC(C2CCOC2)N2CCOCC2)nnn1-c1cccc(Br)c1. The molecule has 2 unspecified atom stereocenters. The molecule has 1 amide bonds. The van der Waals surface area contributed by atoms with Crippen molar-refractivity contribution in [3.05, 3.63) is 40.1 Å². The summed E-state index contributed by atoms with van der Waals surface area (Å²) in [5.41, 5.74) is 1.93. The van der Waals surface area contributed by atoms with E-state index in [1.165, 1.54) is 0 Å². The number of hydrogen-bond donors (Lipinski definition) is 1. The van der Waals surface area contributed by atoms with Crippen LogP contribution in [-0.2, 0) is 9.47 Å². The highest BCUT2D eigenvalue weighted by Crippen LogP contribution is 2.22. The second kappa shape index (κ2) is 9.34. The molecule has 29 heavy (non-hydrogen) atoms. The summed E-state index contributed by atoms with van der Waals surface area (Å²) in [5.74, 6) is 0.229. The molecule has 2 fully saturated rings. The van der Waals surface area contributed by atoms with E-state index in [4.69, 9.17) is 9.47 Å². The van der Waals surface area contributed by atoms with Crippen molar-refractivity contribution in [2.75, 3.05) is 46.1 Å². The van der Waals surface area contributed by atoms with Crippen LogP contribution in [-0.4, -0.2) is 77.9 Å². The minimum Gasteiger partial charge on any atom is -0.381 e. The van der Waals surface area contributed by atoms with Crippen LogP contribution in [0.5, 0.6) is 0 Å². The van der Waals surface area contributed by atoms with Gasteiger partial charge >= 0.3 is 0 Å². The van der Waals surface area contributed by atoms with Crippen molar-refractivity contribution >= 4 is 21.8 Å². The van der Waals surface area contributed by atoms with Crippen molar-refractivity contribution in [2.45, 2.75) is 19.4 Å². The lowest BCUT2D eigenvalue weighted by molar-refractivity contribution is 0.00165. The zero-order valence-corrected chi connectivity index (χ0v) is 18.1. The molecule has 0 saturated carbocycles. The van der Waals surface area contributed by atoms with Crippen LogP contribution in [0, 0.1) is 12.8 Å². The van der Waals surface area contributed by atoms with Crippen LogP contribution in [0.3, 0.4) is 0 Å². The molecule has 0 aliphatic carbocycles. The van der Waals surface area contributed by atoms with Crippen molar-refractivity contribution in [1.82, 2.24) is 25.2 Å². The van der Waals surface area contributed by atoms with Crippen LogP contribution in [0.1, 0.15) is 22.6 Å². The summed E-state index contributed by atoms with van der Waals surface area (Å²) in [6, 6.07) is 7.99. The fraction of sp³-hybridized carbons (Fsp3) is 0.550. The topological polar surface area (TPSA) is 81.5 Å². The molecule has 1 N–H and O–H groups in total. The van der Waals surface area contributed by atoms with Gasteiger partial charge in [-0.05, 0) is 31.5 Å². The number of hydrogen-bond acceptors (Lipinski definition) is 6. The highest BCUT2D eigenvalue weighted by atomic mass is 79.9. The number of halogens is 1. The first-order chi connectivity index (χ1) is 14.1. The van der Waals surface area contributed by atoms with Gasteiger partial charge in [-0.25, -0.2) is 4.68 Å². The summed E-state index contributed by atoms with van der Waals surface area (Å²) in [6.07, 6.45) is 1.02. The zero-order valence-electron chi connectivity index (χ0n) is 16.5. The maximum Gasteiger partial charge on any atom is 0.273 e. The van der Waals surface area contributed by atoms with Gasteiger partial charge in [0.1, 0.15) is 0 Å². The molecule has 2 atom stereocenters. The maximum atomic E-state index is 12.9. The fourth-order valence-corrected chi connectivity index (χ4v) is 4.42. The largest absolute Gasteiger partial charge is 0.381 e. The molecule has 1 aromatic carbocycles. The number of aromatic nitrogens is 3. The predicted molar refractivity (Wildman–Crippen MR) is 111 cm³/mol. The van der Waals surface area contributed by atoms with Crippen molar-refractivity contribution in [2.24, 2.45) is 5.92 Å². The first kappa shape index (κ1) is 20.5. The Balaban J connectivity index is 1.45. The minimum atomic E-state index is -0.194. The number of amides is 1.